The second-order valence-electron chi connectivity index (χ2n) is 6.59. The van der Waals surface area contributed by atoms with Crippen molar-refractivity contribution in [3.8, 4) is 0 Å². The number of carbonyl (C=O) groups excluding carboxylic acids is 1. The van der Waals surface area contributed by atoms with Crippen molar-refractivity contribution < 1.29 is 4.79 Å². The van der Waals surface area contributed by atoms with E-state index in [4.69, 9.17) is 0 Å². The summed E-state index contributed by atoms with van der Waals surface area (Å²) < 4.78 is 1.82. The van der Waals surface area contributed by atoms with Gasteiger partial charge < -0.3 is 9.80 Å². The average Bonchev–Trinajstić information content (AvgIpc) is 3.23. The van der Waals surface area contributed by atoms with Gasteiger partial charge in [-0.2, -0.15) is 5.10 Å². The molecule has 1 N–H and O–H groups in total. The quantitative estimate of drug-likeness (QED) is 0.859. The van der Waals surface area contributed by atoms with Gasteiger partial charge in [-0.15, -0.1) is 0 Å². The highest BCUT2D eigenvalue weighted by Gasteiger charge is 2.29. The Morgan fingerprint density at radius 1 is 1.44 bits per heavy atom. The van der Waals surface area contributed by atoms with Crippen LogP contribution in [0.5, 0.6) is 0 Å². The Hall–Kier alpha value is -2.64. The fraction of sp³-hybridized carbons (Fsp3) is 0.529. The van der Waals surface area contributed by atoms with Crippen LogP contribution in [0, 0.1) is 0 Å². The molecule has 1 fully saturated rings. The van der Waals surface area contributed by atoms with Crippen molar-refractivity contribution in [1.29, 1.82) is 0 Å². The van der Waals surface area contributed by atoms with Crippen molar-refractivity contribution in [2.75, 3.05) is 32.1 Å². The minimum absolute atomic E-state index is 0.0934. The number of hydrogen-bond donors (Lipinski definition) is 1. The summed E-state index contributed by atoms with van der Waals surface area (Å²) >= 11 is 0. The first-order chi connectivity index (χ1) is 12.0. The van der Waals surface area contributed by atoms with Crippen LogP contribution in [0.3, 0.4) is 0 Å². The van der Waals surface area contributed by atoms with Crippen molar-refractivity contribution in [3.05, 3.63) is 40.1 Å². The minimum atomic E-state index is -0.162. The summed E-state index contributed by atoms with van der Waals surface area (Å²) in [6, 6.07) is 1.54. The highest BCUT2D eigenvalue weighted by Crippen LogP contribution is 2.26. The van der Waals surface area contributed by atoms with Crippen LogP contribution in [0.2, 0.25) is 0 Å². The third kappa shape index (κ3) is 3.89. The lowest BCUT2D eigenvalue weighted by Gasteiger charge is -2.17. The fourth-order valence-electron chi connectivity index (χ4n) is 3.07. The van der Waals surface area contributed by atoms with Crippen LogP contribution in [0.25, 0.3) is 0 Å². The van der Waals surface area contributed by atoms with Gasteiger partial charge in [-0.3, -0.25) is 19.3 Å². The monoisotopic (exact) mass is 344 g/mol. The van der Waals surface area contributed by atoms with Crippen LogP contribution in [0.1, 0.15) is 30.5 Å². The normalized spacial score (nSPS) is 17.1. The Morgan fingerprint density at radius 3 is 2.92 bits per heavy atom. The van der Waals surface area contributed by atoms with Crippen LogP contribution in [0.4, 0.5) is 5.95 Å². The van der Waals surface area contributed by atoms with E-state index in [0.29, 0.717) is 25.5 Å². The molecule has 1 unspecified atom stereocenters. The largest absolute Gasteiger partial charge is 0.348 e. The molecule has 8 nitrogen and oxygen atoms in total. The predicted molar refractivity (Wildman–Crippen MR) is 94.7 cm³/mol. The lowest BCUT2D eigenvalue weighted by Crippen LogP contribution is -2.30. The molecule has 1 saturated heterocycles. The van der Waals surface area contributed by atoms with E-state index < -0.39 is 0 Å². The summed E-state index contributed by atoms with van der Waals surface area (Å²) in [5.74, 6) is 0.735. The third-order valence-corrected chi connectivity index (χ3v) is 4.50. The molecule has 0 radical (unpaired) electrons. The molecule has 1 aliphatic rings. The molecule has 0 spiro atoms. The molecule has 134 valence electrons. The smallest absolute Gasteiger partial charge is 0.252 e. The highest BCUT2D eigenvalue weighted by molar-refractivity contribution is 5.79. The number of aryl methyl sites for hydroxylation is 1. The van der Waals surface area contributed by atoms with Crippen molar-refractivity contribution in [2.24, 2.45) is 0 Å². The van der Waals surface area contributed by atoms with E-state index >= 15 is 0 Å². The van der Waals surface area contributed by atoms with Crippen LogP contribution in [-0.4, -0.2) is 57.7 Å². The SMILES string of the molecule is CCn1cc(CC(=O)N2CCC(c3cc(=O)[nH]c(N(C)C)n3)C2)cn1. The number of nitrogens with zero attached hydrogens (tertiary/aromatic N) is 5. The van der Waals surface area contributed by atoms with E-state index in [1.807, 2.05) is 36.8 Å². The van der Waals surface area contributed by atoms with Crippen molar-refractivity contribution in [2.45, 2.75) is 32.2 Å². The first-order valence-corrected chi connectivity index (χ1v) is 8.54. The second kappa shape index (κ2) is 7.08. The second-order valence-corrected chi connectivity index (χ2v) is 6.59. The molecule has 0 aliphatic carbocycles. The number of H-pyrrole nitrogens is 1. The molecule has 0 saturated carbocycles. The summed E-state index contributed by atoms with van der Waals surface area (Å²) in [6.45, 7) is 4.10. The standard InChI is InChI=1S/C17H24N6O2/c1-4-23-10-12(9-18-23)7-16(25)22-6-5-13(11-22)14-8-15(24)20-17(19-14)21(2)3/h8-10,13H,4-7,11H2,1-3H3,(H,19,20,24). The minimum Gasteiger partial charge on any atom is -0.348 e. The summed E-state index contributed by atoms with van der Waals surface area (Å²) in [4.78, 5) is 35.2. The third-order valence-electron chi connectivity index (χ3n) is 4.50. The van der Waals surface area contributed by atoms with Crippen LogP contribution >= 0.6 is 0 Å². The lowest BCUT2D eigenvalue weighted by atomic mass is 10.1. The van der Waals surface area contributed by atoms with Crippen molar-refractivity contribution >= 4 is 11.9 Å². The van der Waals surface area contributed by atoms with E-state index in [1.54, 1.807) is 11.1 Å². The summed E-state index contributed by atoms with van der Waals surface area (Å²) in [5.41, 5.74) is 1.52. The van der Waals surface area contributed by atoms with Gasteiger partial charge in [0, 0.05) is 51.9 Å². The highest BCUT2D eigenvalue weighted by atomic mass is 16.2. The molecule has 2 aromatic rings. The van der Waals surface area contributed by atoms with Crippen LogP contribution in [0.15, 0.2) is 23.3 Å². The number of carbonyl (C=O) groups is 1. The van der Waals surface area contributed by atoms with E-state index in [-0.39, 0.29) is 17.4 Å². The van der Waals surface area contributed by atoms with E-state index in [0.717, 1.165) is 24.2 Å². The van der Waals surface area contributed by atoms with E-state index in [1.165, 1.54) is 6.07 Å². The Kier molecular flexibility index (Phi) is 4.87. The number of nitrogens with one attached hydrogen (secondary N) is 1. The molecule has 1 aliphatic heterocycles. The fourth-order valence-corrected chi connectivity index (χ4v) is 3.07. The first kappa shape index (κ1) is 17.2. The van der Waals surface area contributed by atoms with E-state index in [2.05, 4.69) is 15.1 Å². The Labute approximate surface area is 146 Å². The average molecular weight is 344 g/mol. The maximum atomic E-state index is 12.5. The van der Waals surface area contributed by atoms with Gasteiger partial charge in [0.25, 0.3) is 5.56 Å². The predicted octanol–water partition coefficient (Wildman–Crippen LogP) is 0.611. The van der Waals surface area contributed by atoms with Gasteiger partial charge in [0.15, 0.2) is 0 Å². The topological polar surface area (TPSA) is 87.1 Å². The lowest BCUT2D eigenvalue weighted by molar-refractivity contribution is -0.129. The van der Waals surface area contributed by atoms with Crippen LogP contribution < -0.4 is 10.5 Å². The first-order valence-electron chi connectivity index (χ1n) is 8.54. The molecule has 1 amide bonds. The Morgan fingerprint density at radius 2 is 2.24 bits per heavy atom. The van der Waals surface area contributed by atoms with E-state index in [9.17, 15) is 9.59 Å². The van der Waals surface area contributed by atoms with Gasteiger partial charge in [0.1, 0.15) is 0 Å². The molecule has 2 aromatic heterocycles. The van der Waals surface area contributed by atoms with Gasteiger partial charge in [-0.25, -0.2) is 4.98 Å². The summed E-state index contributed by atoms with van der Waals surface area (Å²) in [5, 5.41) is 4.21. The number of anilines is 1. The molecule has 3 rings (SSSR count). The number of hydrogen-bond acceptors (Lipinski definition) is 5. The Balaban J connectivity index is 1.67. The molecular formula is C17H24N6O2. The van der Waals surface area contributed by atoms with Crippen molar-refractivity contribution in [1.82, 2.24) is 24.6 Å². The molecule has 0 bridgehead atoms. The maximum Gasteiger partial charge on any atom is 0.252 e. The molecule has 3 heterocycles. The van der Waals surface area contributed by atoms with Crippen LogP contribution in [-0.2, 0) is 17.8 Å². The zero-order chi connectivity index (χ0) is 18.0. The van der Waals surface area contributed by atoms with Gasteiger partial charge in [0.05, 0.1) is 18.3 Å². The van der Waals surface area contributed by atoms with Gasteiger partial charge >= 0.3 is 0 Å². The molecule has 8 heteroatoms. The molecule has 0 aromatic carbocycles. The zero-order valence-electron chi connectivity index (χ0n) is 14.9. The summed E-state index contributed by atoms with van der Waals surface area (Å²) in [7, 11) is 3.67. The number of likely N-dealkylation sites (tertiary alicyclic amines) is 1. The molecule has 1 atom stereocenters. The maximum absolute atomic E-state index is 12.5. The summed E-state index contributed by atoms with van der Waals surface area (Å²) in [6.07, 6.45) is 4.84. The number of amides is 1. The Bertz CT molecular complexity index is 809. The number of aromatic nitrogens is 4. The van der Waals surface area contributed by atoms with Gasteiger partial charge in [-0.05, 0) is 18.9 Å². The molecular weight excluding hydrogens is 320 g/mol. The van der Waals surface area contributed by atoms with Crippen molar-refractivity contribution in [3.63, 3.8) is 0 Å². The molecule has 25 heavy (non-hydrogen) atoms. The van der Waals surface area contributed by atoms with Gasteiger partial charge in [-0.1, -0.05) is 0 Å². The number of aromatic amines is 1. The number of rotatable bonds is 5. The van der Waals surface area contributed by atoms with Gasteiger partial charge in [0.2, 0.25) is 11.9 Å². The zero-order valence-corrected chi connectivity index (χ0v) is 14.9.